The number of ether oxygens (including phenoxy) is 1. The molecule has 0 saturated carbocycles. The van der Waals surface area contributed by atoms with Gasteiger partial charge in [-0.3, -0.25) is 14.6 Å². The summed E-state index contributed by atoms with van der Waals surface area (Å²) in [6.07, 6.45) is 0. The first-order valence-electron chi connectivity index (χ1n) is 11.1. The summed E-state index contributed by atoms with van der Waals surface area (Å²) >= 11 is 6.05. The molecule has 2 aromatic carbocycles. The maximum absolute atomic E-state index is 12.5. The van der Waals surface area contributed by atoms with Gasteiger partial charge in [0, 0.05) is 54.9 Å². The van der Waals surface area contributed by atoms with E-state index in [0.717, 1.165) is 54.1 Å². The molecule has 1 fully saturated rings. The number of carbonyl (C=O) groups excluding carboxylic acids is 1. The SMILES string of the molecule is CCOc1ccc2oc(=O)cc(CN3CCN(CC(=O)Nc4cc(Cl)ccc4C)CC3)c2c1. The Morgan fingerprint density at radius 3 is 2.61 bits per heavy atom. The number of hydrogen-bond donors (Lipinski definition) is 1. The molecule has 0 aliphatic carbocycles. The van der Waals surface area contributed by atoms with Gasteiger partial charge in [0.25, 0.3) is 0 Å². The first-order valence-corrected chi connectivity index (χ1v) is 11.5. The third-order valence-electron chi connectivity index (χ3n) is 5.81. The normalized spacial score (nSPS) is 15.0. The van der Waals surface area contributed by atoms with Gasteiger partial charge in [0.2, 0.25) is 5.91 Å². The number of rotatable bonds is 7. The maximum Gasteiger partial charge on any atom is 0.336 e. The third-order valence-corrected chi connectivity index (χ3v) is 6.05. The van der Waals surface area contributed by atoms with Gasteiger partial charge in [-0.2, -0.15) is 0 Å². The van der Waals surface area contributed by atoms with Gasteiger partial charge in [0.15, 0.2) is 0 Å². The van der Waals surface area contributed by atoms with Gasteiger partial charge < -0.3 is 14.5 Å². The second kappa shape index (κ2) is 10.4. The zero-order chi connectivity index (χ0) is 23.4. The van der Waals surface area contributed by atoms with Crippen LogP contribution in [0.4, 0.5) is 5.69 Å². The maximum atomic E-state index is 12.5. The number of benzene rings is 2. The molecule has 1 N–H and O–H groups in total. The first-order chi connectivity index (χ1) is 15.9. The van der Waals surface area contributed by atoms with Gasteiger partial charge in [0.05, 0.1) is 13.2 Å². The second-order valence-corrected chi connectivity index (χ2v) is 8.68. The summed E-state index contributed by atoms with van der Waals surface area (Å²) in [4.78, 5) is 29.0. The Hall–Kier alpha value is -2.87. The number of anilines is 1. The molecule has 2 heterocycles. The van der Waals surface area contributed by atoms with Crippen molar-refractivity contribution in [3.63, 3.8) is 0 Å². The topological polar surface area (TPSA) is 75.0 Å². The Morgan fingerprint density at radius 1 is 1.09 bits per heavy atom. The van der Waals surface area contributed by atoms with Crippen LogP contribution in [0.3, 0.4) is 0 Å². The molecule has 1 aliphatic rings. The Labute approximate surface area is 197 Å². The number of carbonyl (C=O) groups is 1. The van der Waals surface area contributed by atoms with Crippen LogP contribution in [0.1, 0.15) is 18.1 Å². The van der Waals surface area contributed by atoms with Crippen LogP contribution < -0.4 is 15.7 Å². The van der Waals surface area contributed by atoms with Crippen molar-refractivity contribution in [3.05, 3.63) is 69.0 Å². The number of hydrogen-bond acceptors (Lipinski definition) is 6. The fourth-order valence-corrected chi connectivity index (χ4v) is 4.23. The molecule has 33 heavy (non-hydrogen) atoms. The Morgan fingerprint density at radius 2 is 1.85 bits per heavy atom. The smallest absolute Gasteiger partial charge is 0.336 e. The molecule has 0 radical (unpaired) electrons. The van der Waals surface area contributed by atoms with Crippen molar-refractivity contribution in [3.8, 4) is 5.75 Å². The van der Waals surface area contributed by atoms with Crippen LogP contribution in [0.2, 0.25) is 5.02 Å². The Balaban J connectivity index is 1.36. The predicted molar refractivity (Wildman–Crippen MR) is 130 cm³/mol. The molecular formula is C25H28ClN3O4. The van der Waals surface area contributed by atoms with Gasteiger partial charge in [-0.15, -0.1) is 0 Å². The molecule has 0 atom stereocenters. The summed E-state index contributed by atoms with van der Waals surface area (Å²) in [6, 6.07) is 12.5. The Bertz CT molecular complexity index is 1200. The number of amides is 1. The van der Waals surface area contributed by atoms with Gasteiger partial charge >= 0.3 is 5.63 Å². The summed E-state index contributed by atoms with van der Waals surface area (Å²) in [6.45, 7) is 8.56. The van der Waals surface area contributed by atoms with E-state index in [4.69, 9.17) is 20.8 Å². The van der Waals surface area contributed by atoms with E-state index < -0.39 is 0 Å². The molecule has 4 rings (SSSR count). The fraction of sp³-hybridized carbons (Fsp3) is 0.360. The molecule has 1 aromatic heterocycles. The molecule has 0 spiro atoms. The van der Waals surface area contributed by atoms with Crippen LogP contribution in [0.25, 0.3) is 11.0 Å². The zero-order valence-electron chi connectivity index (χ0n) is 18.9. The number of fused-ring (bicyclic) bond motifs is 1. The molecule has 1 aliphatic heterocycles. The number of nitrogens with zero attached hydrogens (tertiary/aromatic N) is 2. The van der Waals surface area contributed by atoms with Crippen molar-refractivity contribution >= 4 is 34.2 Å². The van der Waals surface area contributed by atoms with E-state index >= 15 is 0 Å². The molecule has 7 nitrogen and oxygen atoms in total. The summed E-state index contributed by atoms with van der Waals surface area (Å²) in [7, 11) is 0. The lowest BCUT2D eigenvalue weighted by Gasteiger charge is -2.34. The number of nitrogens with one attached hydrogen (secondary N) is 1. The number of aryl methyl sites for hydroxylation is 1. The lowest BCUT2D eigenvalue weighted by atomic mass is 10.1. The second-order valence-electron chi connectivity index (χ2n) is 8.24. The third kappa shape index (κ3) is 5.93. The van der Waals surface area contributed by atoms with E-state index in [-0.39, 0.29) is 11.5 Å². The average molecular weight is 470 g/mol. The van der Waals surface area contributed by atoms with Crippen molar-refractivity contribution in [2.24, 2.45) is 0 Å². The van der Waals surface area contributed by atoms with Crippen LogP contribution in [0, 0.1) is 6.92 Å². The summed E-state index contributed by atoms with van der Waals surface area (Å²) in [5, 5.41) is 4.44. The largest absolute Gasteiger partial charge is 0.494 e. The molecule has 8 heteroatoms. The van der Waals surface area contributed by atoms with Gasteiger partial charge in [-0.25, -0.2) is 4.79 Å². The zero-order valence-corrected chi connectivity index (χ0v) is 19.7. The standard InChI is InChI=1S/C25H28ClN3O4/c1-3-32-20-6-7-23-21(14-20)18(12-25(31)33-23)15-28-8-10-29(11-9-28)16-24(30)27-22-13-19(26)5-4-17(22)2/h4-7,12-14H,3,8-11,15-16H2,1-2H3,(H,27,30). The van der Waals surface area contributed by atoms with Crippen LogP contribution >= 0.6 is 11.6 Å². The van der Waals surface area contributed by atoms with Crippen molar-refractivity contribution in [1.29, 1.82) is 0 Å². The van der Waals surface area contributed by atoms with Crippen LogP contribution in [-0.4, -0.2) is 55.0 Å². The van der Waals surface area contributed by atoms with Crippen molar-refractivity contribution in [2.45, 2.75) is 20.4 Å². The van der Waals surface area contributed by atoms with Gasteiger partial charge in [-0.1, -0.05) is 17.7 Å². The summed E-state index contributed by atoms with van der Waals surface area (Å²) < 4.78 is 11.0. The van der Waals surface area contributed by atoms with Gasteiger partial charge in [0.1, 0.15) is 11.3 Å². The van der Waals surface area contributed by atoms with E-state index in [1.165, 1.54) is 0 Å². The predicted octanol–water partition coefficient (Wildman–Crippen LogP) is 3.91. The number of piperazine rings is 1. The molecule has 0 unspecified atom stereocenters. The van der Waals surface area contributed by atoms with Crippen molar-refractivity contribution < 1.29 is 13.9 Å². The summed E-state index contributed by atoms with van der Waals surface area (Å²) in [5.74, 6) is 0.704. The molecule has 174 valence electrons. The lowest BCUT2D eigenvalue weighted by Crippen LogP contribution is -2.48. The minimum atomic E-state index is -0.353. The monoisotopic (exact) mass is 469 g/mol. The van der Waals surface area contributed by atoms with Crippen LogP contribution in [0.15, 0.2) is 51.7 Å². The highest BCUT2D eigenvalue weighted by atomic mass is 35.5. The molecule has 1 amide bonds. The minimum Gasteiger partial charge on any atom is -0.494 e. The van der Waals surface area contributed by atoms with E-state index in [1.54, 1.807) is 18.2 Å². The van der Waals surface area contributed by atoms with E-state index in [0.29, 0.717) is 30.3 Å². The number of halogens is 1. The molecular weight excluding hydrogens is 442 g/mol. The lowest BCUT2D eigenvalue weighted by molar-refractivity contribution is -0.117. The minimum absolute atomic E-state index is 0.0519. The van der Waals surface area contributed by atoms with E-state index in [9.17, 15) is 9.59 Å². The van der Waals surface area contributed by atoms with Crippen molar-refractivity contribution in [1.82, 2.24) is 9.80 Å². The van der Waals surface area contributed by atoms with E-state index in [2.05, 4.69) is 15.1 Å². The first kappa shape index (κ1) is 23.3. The van der Waals surface area contributed by atoms with E-state index in [1.807, 2.05) is 38.1 Å². The highest BCUT2D eigenvalue weighted by Crippen LogP contribution is 2.24. The molecule has 1 saturated heterocycles. The quantitative estimate of drug-likeness (QED) is 0.529. The highest BCUT2D eigenvalue weighted by Gasteiger charge is 2.20. The highest BCUT2D eigenvalue weighted by molar-refractivity contribution is 6.31. The van der Waals surface area contributed by atoms with Crippen LogP contribution in [-0.2, 0) is 11.3 Å². The Kier molecular flexibility index (Phi) is 7.33. The average Bonchev–Trinajstić information content (AvgIpc) is 2.78. The van der Waals surface area contributed by atoms with Gasteiger partial charge in [-0.05, 0) is 55.3 Å². The molecule has 0 bridgehead atoms. The fourth-order valence-electron chi connectivity index (χ4n) is 4.06. The van der Waals surface area contributed by atoms with Crippen molar-refractivity contribution in [2.75, 3.05) is 44.6 Å². The summed E-state index contributed by atoms with van der Waals surface area (Å²) in [5.41, 5.74) is 2.85. The van der Waals surface area contributed by atoms with Crippen LogP contribution in [0.5, 0.6) is 5.75 Å². The molecule has 3 aromatic rings.